The van der Waals surface area contributed by atoms with Gasteiger partial charge in [0.05, 0.1) is 49.4 Å². The SMILES string of the molecule is Cc1cc(N(CCCCS(=O)(=O)[O-])CCCCS(=O)(=O)[O-])ccc1N=C1C=C(OC=Nc2ccc(SOO[O-])cc2)C(=O)c2ccccc21.[K+].[K+].[K+]. The molecule has 0 atom stereocenters. The van der Waals surface area contributed by atoms with Gasteiger partial charge in [-0.15, -0.1) is 0 Å². The number of ketones is 1. The zero-order valence-corrected chi connectivity index (χ0v) is 41.0. The summed E-state index contributed by atoms with van der Waals surface area (Å²) < 4.78 is 76.2. The number of carbonyl (C=O) groups excluding carboxylic acids is 1. The molecule has 52 heavy (non-hydrogen) atoms. The molecule has 20 heteroatoms. The number of allylic oxidation sites excluding steroid dienone is 2. The van der Waals surface area contributed by atoms with Gasteiger partial charge in [0, 0.05) is 52.4 Å². The predicted octanol–water partition coefficient (Wildman–Crippen LogP) is -4.73. The third kappa shape index (κ3) is 17.6. The van der Waals surface area contributed by atoms with Gasteiger partial charge in [-0.2, -0.15) is 4.33 Å². The Hall–Kier alpha value is 0.969. The molecule has 0 spiro atoms. The Morgan fingerprint density at radius 1 is 0.827 bits per heavy atom. The number of hydrogen-bond acceptors (Lipinski definition) is 15. The van der Waals surface area contributed by atoms with Crippen LogP contribution in [0.3, 0.4) is 0 Å². The maximum absolute atomic E-state index is 13.2. The fourth-order valence-corrected chi connectivity index (χ4v) is 6.36. The summed E-state index contributed by atoms with van der Waals surface area (Å²) in [5.41, 5.74) is 4.15. The largest absolute Gasteiger partial charge is 1.00 e. The minimum absolute atomic E-state index is 0. The zero-order valence-electron chi connectivity index (χ0n) is 29.2. The maximum atomic E-state index is 13.2. The molecule has 0 radical (unpaired) electrons. The van der Waals surface area contributed by atoms with Crippen LogP contribution < -0.4 is 164 Å². The topological polar surface area (TPSA) is 210 Å². The van der Waals surface area contributed by atoms with E-state index in [-0.39, 0.29) is 179 Å². The Bertz CT molecular complexity index is 1910. The summed E-state index contributed by atoms with van der Waals surface area (Å²) in [4.78, 5) is 24.9. The van der Waals surface area contributed by atoms with Crippen LogP contribution in [0.25, 0.3) is 0 Å². The van der Waals surface area contributed by atoms with E-state index >= 15 is 0 Å². The Kier molecular flexibility index (Phi) is 24.9. The van der Waals surface area contributed by atoms with Gasteiger partial charge in [0.15, 0.2) is 12.2 Å². The molecular weight excluding hydrogens is 816 g/mol. The first kappa shape index (κ1) is 51.0. The van der Waals surface area contributed by atoms with E-state index < -0.39 is 31.7 Å². The van der Waals surface area contributed by atoms with Crippen molar-refractivity contribution < 1.29 is 204 Å². The number of aryl methyl sites for hydroxylation is 1. The number of ether oxygens (including phenoxy) is 1. The monoisotopic (exact) mass is 847 g/mol. The van der Waals surface area contributed by atoms with Crippen LogP contribution in [0, 0.1) is 6.92 Å². The predicted molar refractivity (Wildman–Crippen MR) is 180 cm³/mol. The van der Waals surface area contributed by atoms with E-state index in [1.54, 1.807) is 54.6 Å². The number of nitrogens with zero attached hydrogens (tertiary/aromatic N) is 3. The summed E-state index contributed by atoms with van der Waals surface area (Å²) in [5.74, 6) is -1.31. The standard InChI is InChI=1S/C32H35N3O11S3.3K/c1-23-20-25(35(16-4-6-18-48(38,39)40)17-5-7-19-49(41,42)43)12-15-29(23)34-30-21-31(32(36)28-9-3-2-8-27(28)30)44-22-33-24-10-13-26(14-11-24)47-46-45-37;;;/h2-3,8-15,20-22,37H,4-7,16-19H2,1H3,(H,38,39,40)(H,41,42,43);;;/q;3*+1/p-3. The van der Waals surface area contributed by atoms with E-state index in [4.69, 9.17) is 9.73 Å². The number of hydrogen-bond donors (Lipinski definition) is 0. The second-order valence-electron chi connectivity index (χ2n) is 10.8. The minimum Gasteiger partial charge on any atom is -0.748 e. The number of benzene rings is 3. The van der Waals surface area contributed by atoms with Gasteiger partial charge in [-0.1, -0.05) is 24.3 Å². The summed E-state index contributed by atoms with van der Waals surface area (Å²) in [6, 6.07) is 19.1. The van der Waals surface area contributed by atoms with Crippen molar-refractivity contribution in [2.75, 3.05) is 29.5 Å². The van der Waals surface area contributed by atoms with Crippen LogP contribution in [-0.4, -0.2) is 68.4 Å². The van der Waals surface area contributed by atoms with Crippen molar-refractivity contribution in [1.82, 2.24) is 0 Å². The van der Waals surface area contributed by atoms with E-state index in [9.17, 15) is 36.0 Å². The quantitative estimate of drug-likeness (QED) is 0.0173. The van der Waals surface area contributed by atoms with Crippen LogP contribution in [0.5, 0.6) is 0 Å². The molecule has 3 aromatic carbocycles. The number of fused-ring (bicyclic) bond motifs is 1. The van der Waals surface area contributed by atoms with Crippen molar-refractivity contribution >= 4 is 67.2 Å². The zero-order chi connectivity index (χ0) is 35.4. The fourth-order valence-electron chi connectivity index (χ4n) is 4.89. The number of Topliss-reactive ketones (excluding diaryl/α,β-unsaturated/α-hetero) is 1. The maximum Gasteiger partial charge on any atom is 1.00 e. The molecule has 4 rings (SSSR count). The first-order valence-electron chi connectivity index (χ1n) is 14.9. The number of carbonyl (C=O) groups is 1. The van der Waals surface area contributed by atoms with Crippen molar-refractivity contribution in [2.45, 2.75) is 37.5 Å². The fraction of sp³-hybridized carbons (Fsp3) is 0.281. The van der Waals surface area contributed by atoms with Crippen molar-refractivity contribution in [2.24, 2.45) is 9.98 Å². The van der Waals surface area contributed by atoms with Crippen molar-refractivity contribution in [3.05, 3.63) is 95.3 Å². The normalized spacial score (nSPS) is 13.4. The summed E-state index contributed by atoms with van der Waals surface area (Å²) in [5, 5.41) is 13.3. The van der Waals surface area contributed by atoms with Crippen molar-refractivity contribution in [3.63, 3.8) is 0 Å². The van der Waals surface area contributed by atoms with Gasteiger partial charge >= 0.3 is 154 Å². The van der Waals surface area contributed by atoms with Crippen LogP contribution in [0.15, 0.2) is 93.4 Å². The van der Waals surface area contributed by atoms with E-state index in [0.29, 0.717) is 59.0 Å². The molecule has 1 aliphatic rings. The minimum atomic E-state index is -4.34. The molecule has 0 aliphatic heterocycles. The Labute approximate surface area is 435 Å². The van der Waals surface area contributed by atoms with E-state index in [2.05, 4.69) is 14.4 Å². The third-order valence-electron chi connectivity index (χ3n) is 7.25. The van der Waals surface area contributed by atoms with Crippen LogP contribution in [0.1, 0.15) is 47.2 Å². The molecule has 0 N–H and O–H groups in total. The summed E-state index contributed by atoms with van der Waals surface area (Å²) in [6.45, 7) is 2.66. The second-order valence-corrected chi connectivity index (χ2v) is 14.7. The number of unbranched alkanes of at least 4 members (excludes halogenated alkanes) is 2. The van der Waals surface area contributed by atoms with E-state index in [0.717, 1.165) is 29.7 Å². The average molecular weight is 848 g/mol. The van der Waals surface area contributed by atoms with Crippen LogP contribution in [-0.2, 0) is 34.3 Å². The molecule has 0 saturated carbocycles. The van der Waals surface area contributed by atoms with Crippen LogP contribution >= 0.6 is 12.0 Å². The molecular formula is C32H32K3N3O11S3. The van der Waals surface area contributed by atoms with Crippen LogP contribution in [0.2, 0.25) is 0 Å². The van der Waals surface area contributed by atoms with Gasteiger partial charge in [-0.3, -0.25) is 9.83 Å². The van der Waals surface area contributed by atoms with Crippen LogP contribution in [0.4, 0.5) is 17.1 Å². The van der Waals surface area contributed by atoms with Crippen molar-refractivity contribution in [1.29, 1.82) is 0 Å². The van der Waals surface area contributed by atoms with Gasteiger partial charge in [0.25, 0.3) is 0 Å². The summed E-state index contributed by atoms with van der Waals surface area (Å²) >= 11 is 0.739. The van der Waals surface area contributed by atoms with E-state index in [1.807, 2.05) is 24.0 Å². The number of rotatable bonds is 18. The van der Waals surface area contributed by atoms with Gasteiger partial charge in [-0.25, -0.2) is 26.8 Å². The van der Waals surface area contributed by atoms with Gasteiger partial charge in [0.2, 0.25) is 5.78 Å². The first-order chi connectivity index (χ1) is 23.3. The summed E-state index contributed by atoms with van der Waals surface area (Å²) in [6.07, 6.45) is 3.82. The molecule has 0 amide bonds. The molecule has 0 fully saturated rings. The molecule has 0 bridgehead atoms. The Balaban J connectivity index is 0.00000451. The molecule has 14 nitrogen and oxygen atoms in total. The van der Waals surface area contributed by atoms with E-state index in [1.165, 1.54) is 6.08 Å². The molecule has 0 heterocycles. The number of aliphatic imine (C=N–C) groups is 2. The van der Waals surface area contributed by atoms with Gasteiger partial charge in [0.1, 0.15) is 0 Å². The molecule has 262 valence electrons. The molecule has 0 aromatic heterocycles. The molecule has 0 saturated heterocycles. The molecule has 0 unspecified atom stereocenters. The second kappa shape index (κ2) is 25.4. The smallest absolute Gasteiger partial charge is 0.748 e. The van der Waals surface area contributed by atoms with Gasteiger partial charge < -0.3 is 24.0 Å². The third-order valence-corrected chi connectivity index (χ3v) is 9.41. The average Bonchev–Trinajstić information content (AvgIpc) is 3.05. The Morgan fingerprint density at radius 2 is 1.42 bits per heavy atom. The first-order valence-corrected chi connectivity index (χ1v) is 18.8. The number of anilines is 1. The molecule has 3 aromatic rings. The van der Waals surface area contributed by atoms with Crippen molar-refractivity contribution in [3.8, 4) is 0 Å². The summed E-state index contributed by atoms with van der Waals surface area (Å²) in [7, 11) is -8.69. The Morgan fingerprint density at radius 3 is 1.98 bits per heavy atom. The molecule has 1 aliphatic carbocycles. The van der Waals surface area contributed by atoms with Gasteiger partial charge in [-0.05, 0) is 80.6 Å².